The third-order valence-corrected chi connectivity index (χ3v) is 7.91. The van der Waals surface area contributed by atoms with Crippen molar-refractivity contribution in [2.24, 2.45) is 0 Å². The van der Waals surface area contributed by atoms with E-state index in [1.54, 1.807) is 41.4 Å². The summed E-state index contributed by atoms with van der Waals surface area (Å²) in [6.45, 7) is 3.12. The monoisotopic (exact) mass is 471 g/mol. The Morgan fingerprint density at radius 3 is 2.21 bits per heavy atom. The van der Waals surface area contributed by atoms with Gasteiger partial charge < -0.3 is 15.1 Å². The number of pyridine rings is 1. The standard InChI is InChI=1S/C23H29N5O4S/c29-22(25-19-8-9-21(24-18-19)26-12-4-5-13-26)10-11-23(30)27-14-16-28(17-15-27)33(31,32)20-6-2-1-3-7-20/h1-3,6-9,18H,4-5,10-17H2,(H,25,29). The second kappa shape index (κ2) is 10.3. The van der Waals surface area contributed by atoms with Gasteiger partial charge in [-0.05, 0) is 37.1 Å². The molecule has 0 bridgehead atoms. The molecule has 9 nitrogen and oxygen atoms in total. The van der Waals surface area contributed by atoms with Gasteiger partial charge in [-0.15, -0.1) is 0 Å². The molecule has 2 aromatic rings. The number of hydrogen-bond donors (Lipinski definition) is 1. The Labute approximate surface area is 194 Å². The molecule has 0 spiro atoms. The Kier molecular flexibility index (Phi) is 7.24. The van der Waals surface area contributed by atoms with Crippen molar-refractivity contribution in [1.29, 1.82) is 0 Å². The summed E-state index contributed by atoms with van der Waals surface area (Å²) in [4.78, 5) is 33.3. The van der Waals surface area contributed by atoms with Gasteiger partial charge in [0.25, 0.3) is 0 Å². The summed E-state index contributed by atoms with van der Waals surface area (Å²) in [5.74, 6) is 0.517. The minimum Gasteiger partial charge on any atom is -0.357 e. The number of nitrogens with one attached hydrogen (secondary N) is 1. The number of piperazine rings is 1. The average Bonchev–Trinajstić information content (AvgIpc) is 3.39. The van der Waals surface area contributed by atoms with Crippen LogP contribution in [0.25, 0.3) is 0 Å². The third kappa shape index (κ3) is 5.69. The number of rotatable bonds is 7. The van der Waals surface area contributed by atoms with Crippen molar-refractivity contribution in [3.63, 3.8) is 0 Å². The first-order valence-corrected chi connectivity index (χ1v) is 12.7. The van der Waals surface area contributed by atoms with Crippen LogP contribution in [0.5, 0.6) is 0 Å². The highest BCUT2D eigenvalue weighted by molar-refractivity contribution is 7.89. The van der Waals surface area contributed by atoms with Crippen molar-refractivity contribution < 1.29 is 18.0 Å². The number of aromatic nitrogens is 1. The van der Waals surface area contributed by atoms with E-state index in [-0.39, 0.29) is 42.6 Å². The molecule has 2 saturated heterocycles. The smallest absolute Gasteiger partial charge is 0.243 e. The molecule has 4 rings (SSSR count). The summed E-state index contributed by atoms with van der Waals surface area (Å²) in [6, 6.07) is 12.0. The zero-order chi connectivity index (χ0) is 23.3. The SMILES string of the molecule is O=C(CCC(=O)N1CCN(S(=O)(=O)c2ccccc2)CC1)Nc1ccc(N2CCCC2)nc1. The van der Waals surface area contributed by atoms with Crippen molar-refractivity contribution in [3.05, 3.63) is 48.7 Å². The predicted molar refractivity (Wildman–Crippen MR) is 125 cm³/mol. The van der Waals surface area contributed by atoms with Crippen LogP contribution in [-0.2, 0) is 19.6 Å². The number of carbonyl (C=O) groups excluding carboxylic acids is 2. The Hall–Kier alpha value is -2.98. The minimum absolute atomic E-state index is 0.0647. The lowest BCUT2D eigenvalue weighted by Gasteiger charge is -2.34. The van der Waals surface area contributed by atoms with E-state index in [2.05, 4.69) is 15.2 Å². The van der Waals surface area contributed by atoms with Crippen LogP contribution in [0.4, 0.5) is 11.5 Å². The fraction of sp³-hybridized carbons (Fsp3) is 0.435. The molecule has 10 heteroatoms. The minimum atomic E-state index is -3.56. The van der Waals surface area contributed by atoms with Crippen molar-refractivity contribution in [3.8, 4) is 0 Å². The summed E-state index contributed by atoms with van der Waals surface area (Å²) >= 11 is 0. The van der Waals surface area contributed by atoms with Crippen LogP contribution in [0.15, 0.2) is 53.6 Å². The Balaban J connectivity index is 1.21. The summed E-state index contributed by atoms with van der Waals surface area (Å²) in [5, 5.41) is 2.78. The largest absolute Gasteiger partial charge is 0.357 e. The highest BCUT2D eigenvalue weighted by atomic mass is 32.2. The lowest BCUT2D eigenvalue weighted by Crippen LogP contribution is -2.50. The molecule has 1 N–H and O–H groups in total. The normalized spacial score (nSPS) is 17.2. The third-order valence-electron chi connectivity index (χ3n) is 6.00. The van der Waals surface area contributed by atoms with Gasteiger partial charge in [0, 0.05) is 52.1 Å². The number of hydrogen-bond acceptors (Lipinski definition) is 6. The molecular formula is C23H29N5O4S. The molecule has 176 valence electrons. The van der Waals surface area contributed by atoms with Gasteiger partial charge >= 0.3 is 0 Å². The fourth-order valence-electron chi connectivity index (χ4n) is 4.11. The van der Waals surface area contributed by atoms with Crippen LogP contribution < -0.4 is 10.2 Å². The molecule has 0 radical (unpaired) electrons. The molecule has 3 heterocycles. The number of benzene rings is 1. The van der Waals surface area contributed by atoms with Gasteiger partial charge in [-0.3, -0.25) is 9.59 Å². The van der Waals surface area contributed by atoms with E-state index in [0.717, 1.165) is 18.9 Å². The van der Waals surface area contributed by atoms with Crippen molar-refractivity contribution in [1.82, 2.24) is 14.2 Å². The maximum atomic E-state index is 12.7. The average molecular weight is 472 g/mol. The summed E-state index contributed by atoms with van der Waals surface area (Å²) in [6.07, 6.45) is 4.13. The van der Waals surface area contributed by atoms with Crippen molar-refractivity contribution in [2.75, 3.05) is 49.5 Å². The molecular weight excluding hydrogens is 442 g/mol. The number of amides is 2. The molecule has 33 heavy (non-hydrogen) atoms. The molecule has 0 unspecified atom stereocenters. The molecule has 2 aliphatic heterocycles. The highest BCUT2D eigenvalue weighted by Crippen LogP contribution is 2.20. The molecule has 1 aromatic carbocycles. The topological polar surface area (TPSA) is 103 Å². The van der Waals surface area contributed by atoms with Gasteiger partial charge in [-0.2, -0.15) is 4.31 Å². The van der Waals surface area contributed by atoms with Gasteiger partial charge in [-0.1, -0.05) is 18.2 Å². The second-order valence-electron chi connectivity index (χ2n) is 8.25. The van der Waals surface area contributed by atoms with E-state index in [4.69, 9.17) is 0 Å². The Bertz CT molecular complexity index is 1060. The van der Waals surface area contributed by atoms with E-state index in [1.165, 1.54) is 17.1 Å². The lowest BCUT2D eigenvalue weighted by molar-refractivity contribution is -0.133. The van der Waals surface area contributed by atoms with E-state index in [1.807, 2.05) is 12.1 Å². The molecule has 0 aliphatic carbocycles. The molecule has 2 amide bonds. The number of carbonyl (C=O) groups is 2. The summed E-state index contributed by atoms with van der Waals surface area (Å²) in [7, 11) is -3.56. The molecule has 1 aromatic heterocycles. The van der Waals surface area contributed by atoms with E-state index < -0.39 is 10.0 Å². The number of sulfonamides is 1. The van der Waals surface area contributed by atoms with Gasteiger partial charge in [0.1, 0.15) is 5.82 Å². The zero-order valence-electron chi connectivity index (χ0n) is 18.5. The quantitative estimate of drug-likeness (QED) is 0.662. The first-order chi connectivity index (χ1) is 15.9. The van der Waals surface area contributed by atoms with Crippen molar-refractivity contribution in [2.45, 2.75) is 30.6 Å². The van der Waals surface area contributed by atoms with E-state index in [9.17, 15) is 18.0 Å². The number of nitrogens with zero attached hydrogens (tertiary/aromatic N) is 4. The van der Waals surface area contributed by atoms with E-state index >= 15 is 0 Å². The Morgan fingerprint density at radius 1 is 0.879 bits per heavy atom. The van der Waals surface area contributed by atoms with Gasteiger partial charge in [-0.25, -0.2) is 13.4 Å². The summed E-state index contributed by atoms with van der Waals surface area (Å²) in [5.41, 5.74) is 0.607. The maximum Gasteiger partial charge on any atom is 0.243 e. The van der Waals surface area contributed by atoms with Gasteiger partial charge in [0.2, 0.25) is 21.8 Å². The maximum absolute atomic E-state index is 12.7. The van der Waals surface area contributed by atoms with Crippen LogP contribution in [0.2, 0.25) is 0 Å². The van der Waals surface area contributed by atoms with Gasteiger partial charge in [0.05, 0.1) is 16.8 Å². The van der Waals surface area contributed by atoms with Gasteiger partial charge in [0.15, 0.2) is 0 Å². The highest BCUT2D eigenvalue weighted by Gasteiger charge is 2.30. The van der Waals surface area contributed by atoms with Crippen LogP contribution in [0.3, 0.4) is 0 Å². The van der Waals surface area contributed by atoms with Crippen LogP contribution >= 0.6 is 0 Å². The summed E-state index contributed by atoms with van der Waals surface area (Å²) < 4.78 is 26.8. The van der Waals surface area contributed by atoms with Crippen molar-refractivity contribution >= 4 is 33.3 Å². The Morgan fingerprint density at radius 2 is 1.58 bits per heavy atom. The molecule has 0 saturated carbocycles. The first kappa shape index (κ1) is 23.2. The number of anilines is 2. The molecule has 0 atom stereocenters. The van der Waals surface area contributed by atoms with E-state index in [0.29, 0.717) is 18.8 Å². The zero-order valence-corrected chi connectivity index (χ0v) is 19.3. The second-order valence-corrected chi connectivity index (χ2v) is 10.2. The van der Waals surface area contributed by atoms with Crippen LogP contribution in [0.1, 0.15) is 25.7 Å². The lowest BCUT2D eigenvalue weighted by atomic mass is 10.2. The van der Waals surface area contributed by atoms with Crippen LogP contribution in [-0.4, -0.2) is 73.7 Å². The predicted octanol–water partition coefficient (Wildman–Crippen LogP) is 1.93. The first-order valence-electron chi connectivity index (χ1n) is 11.3. The molecule has 2 aliphatic rings. The van der Waals surface area contributed by atoms with Crippen LogP contribution in [0, 0.1) is 0 Å². The fourth-order valence-corrected chi connectivity index (χ4v) is 5.56. The molecule has 2 fully saturated rings.